The Morgan fingerprint density at radius 3 is 2.38 bits per heavy atom. The van der Waals surface area contributed by atoms with Crippen LogP contribution >= 0.6 is 0 Å². The zero-order valence-electron chi connectivity index (χ0n) is 13.8. The topological polar surface area (TPSA) is 38.5 Å². The van der Waals surface area contributed by atoms with Gasteiger partial charge in [0.1, 0.15) is 5.75 Å². The third-order valence-corrected chi connectivity index (χ3v) is 5.09. The first-order chi connectivity index (χ1) is 10.1. The summed E-state index contributed by atoms with van der Waals surface area (Å²) in [7, 11) is 0. The van der Waals surface area contributed by atoms with Gasteiger partial charge in [-0.2, -0.15) is 0 Å². The fourth-order valence-corrected chi connectivity index (χ4v) is 3.37. The quantitative estimate of drug-likeness (QED) is 0.834. The molecule has 1 fully saturated rings. The summed E-state index contributed by atoms with van der Waals surface area (Å²) < 4.78 is 5.48. The normalized spacial score (nSPS) is 19.6. The van der Waals surface area contributed by atoms with E-state index in [2.05, 4.69) is 30.9 Å². The largest absolute Gasteiger partial charge is 0.494 e. The van der Waals surface area contributed by atoms with Crippen LogP contribution in [0.2, 0.25) is 0 Å². The minimum absolute atomic E-state index is 0.0881. The van der Waals surface area contributed by atoms with Crippen LogP contribution < -0.4 is 10.5 Å². The van der Waals surface area contributed by atoms with Crippen LogP contribution in [-0.4, -0.2) is 31.1 Å². The molecule has 21 heavy (non-hydrogen) atoms. The van der Waals surface area contributed by atoms with Crippen molar-refractivity contribution in [3.05, 3.63) is 29.8 Å². The predicted octanol–water partition coefficient (Wildman–Crippen LogP) is 3.60. The van der Waals surface area contributed by atoms with Gasteiger partial charge < -0.3 is 15.4 Å². The van der Waals surface area contributed by atoms with E-state index in [4.69, 9.17) is 10.5 Å². The summed E-state index contributed by atoms with van der Waals surface area (Å²) in [5.74, 6) is 0.922. The Morgan fingerprint density at radius 2 is 1.86 bits per heavy atom. The lowest BCUT2D eigenvalue weighted by Crippen LogP contribution is -2.32. The second-order valence-corrected chi connectivity index (χ2v) is 6.30. The molecule has 1 atom stereocenters. The van der Waals surface area contributed by atoms with E-state index in [-0.39, 0.29) is 6.04 Å². The molecule has 2 N–H and O–H groups in total. The van der Waals surface area contributed by atoms with Crippen molar-refractivity contribution < 1.29 is 4.74 Å². The molecule has 1 unspecified atom stereocenters. The maximum absolute atomic E-state index is 6.39. The lowest BCUT2D eigenvalue weighted by molar-refractivity contribution is 0.233. The summed E-state index contributed by atoms with van der Waals surface area (Å²) in [4.78, 5) is 2.54. The Hall–Kier alpha value is -1.06. The smallest absolute Gasteiger partial charge is 0.119 e. The van der Waals surface area contributed by atoms with E-state index in [0.29, 0.717) is 12.0 Å². The highest BCUT2D eigenvalue weighted by Crippen LogP contribution is 2.37. The van der Waals surface area contributed by atoms with Gasteiger partial charge >= 0.3 is 0 Å². The van der Waals surface area contributed by atoms with Crippen molar-refractivity contribution in [3.8, 4) is 5.75 Å². The summed E-state index contributed by atoms with van der Waals surface area (Å²) in [5, 5.41) is 0. The van der Waals surface area contributed by atoms with Crippen LogP contribution in [0.25, 0.3) is 0 Å². The molecule has 2 rings (SSSR count). The maximum atomic E-state index is 6.39. The van der Waals surface area contributed by atoms with Gasteiger partial charge in [0.2, 0.25) is 0 Å². The molecular formula is C18H30N2O. The second kappa shape index (κ2) is 7.28. The summed E-state index contributed by atoms with van der Waals surface area (Å²) >= 11 is 0. The lowest BCUT2D eigenvalue weighted by atomic mass is 9.82. The van der Waals surface area contributed by atoms with E-state index in [1.54, 1.807) is 0 Å². The van der Waals surface area contributed by atoms with E-state index in [1.807, 2.05) is 19.1 Å². The maximum Gasteiger partial charge on any atom is 0.119 e. The highest BCUT2D eigenvalue weighted by atomic mass is 16.5. The monoisotopic (exact) mass is 290 g/mol. The number of rotatable bonds is 7. The molecule has 1 aromatic rings. The SMILES string of the molecule is CCOc1ccc(C(N)CN2CCC(CC)(CC)C2)cc1. The standard InChI is InChI=1S/C18H30N2O/c1-4-18(5-2)11-12-20(14-18)13-17(19)15-7-9-16(10-8-15)21-6-3/h7-10,17H,4-6,11-14,19H2,1-3H3. The Kier molecular flexibility index (Phi) is 5.65. The van der Waals surface area contributed by atoms with Gasteiger partial charge in [0.15, 0.2) is 0 Å². The van der Waals surface area contributed by atoms with E-state index in [0.717, 1.165) is 12.3 Å². The van der Waals surface area contributed by atoms with Crippen molar-refractivity contribution in [1.29, 1.82) is 0 Å². The Bertz CT molecular complexity index is 425. The van der Waals surface area contributed by atoms with Crippen molar-refractivity contribution in [2.45, 2.75) is 46.1 Å². The van der Waals surface area contributed by atoms with Crippen LogP contribution in [0, 0.1) is 5.41 Å². The molecule has 0 spiro atoms. The number of ether oxygens (including phenoxy) is 1. The molecule has 3 nitrogen and oxygen atoms in total. The predicted molar refractivity (Wildman–Crippen MR) is 88.6 cm³/mol. The Morgan fingerprint density at radius 1 is 1.19 bits per heavy atom. The van der Waals surface area contributed by atoms with Crippen molar-refractivity contribution in [2.75, 3.05) is 26.2 Å². The van der Waals surface area contributed by atoms with E-state index in [9.17, 15) is 0 Å². The summed E-state index contributed by atoms with van der Waals surface area (Å²) in [6.07, 6.45) is 3.87. The molecule has 1 saturated heterocycles. The minimum Gasteiger partial charge on any atom is -0.494 e. The van der Waals surface area contributed by atoms with Crippen molar-refractivity contribution >= 4 is 0 Å². The Balaban J connectivity index is 1.91. The third kappa shape index (κ3) is 3.98. The van der Waals surface area contributed by atoms with Crippen LogP contribution in [0.3, 0.4) is 0 Å². The molecule has 0 amide bonds. The van der Waals surface area contributed by atoms with E-state index in [1.165, 1.54) is 37.9 Å². The molecule has 3 heteroatoms. The number of nitrogens with two attached hydrogens (primary N) is 1. The molecule has 0 radical (unpaired) electrons. The van der Waals surface area contributed by atoms with Gasteiger partial charge in [0.05, 0.1) is 6.61 Å². The number of hydrogen-bond acceptors (Lipinski definition) is 3. The highest BCUT2D eigenvalue weighted by Gasteiger charge is 2.35. The highest BCUT2D eigenvalue weighted by molar-refractivity contribution is 5.29. The summed E-state index contributed by atoms with van der Waals surface area (Å²) in [5.41, 5.74) is 8.11. The van der Waals surface area contributed by atoms with Gasteiger partial charge in [0.25, 0.3) is 0 Å². The summed E-state index contributed by atoms with van der Waals surface area (Å²) in [6.45, 7) is 10.7. The first-order valence-corrected chi connectivity index (χ1v) is 8.33. The molecule has 1 aromatic carbocycles. The number of nitrogens with zero attached hydrogens (tertiary/aromatic N) is 1. The summed E-state index contributed by atoms with van der Waals surface area (Å²) in [6, 6.07) is 8.32. The van der Waals surface area contributed by atoms with Gasteiger partial charge in [-0.15, -0.1) is 0 Å². The third-order valence-electron chi connectivity index (χ3n) is 5.09. The average Bonchev–Trinajstić information content (AvgIpc) is 2.92. The van der Waals surface area contributed by atoms with Gasteiger partial charge in [0, 0.05) is 19.1 Å². The second-order valence-electron chi connectivity index (χ2n) is 6.30. The zero-order valence-corrected chi connectivity index (χ0v) is 13.8. The molecule has 1 aliphatic rings. The zero-order chi connectivity index (χ0) is 15.3. The van der Waals surface area contributed by atoms with Crippen molar-refractivity contribution in [1.82, 2.24) is 4.90 Å². The first kappa shape index (κ1) is 16.3. The van der Waals surface area contributed by atoms with Crippen molar-refractivity contribution in [2.24, 2.45) is 11.1 Å². The fourth-order valence-electron chi connectivity index (χ4n) is 3.37. The fraction of sp³-hybridized carbons (Fsp3) is 0.667. The van der Waals surface area contributed by atoms with Gasteiger partial charge in [-0.1, -0.05) is 26.0 Å². The van der Waals surface area contributed by atoms with Gasteiger partial charge in [-0.3, -0.25) is 0 Å². The molecule has 1 aliphatic heterocycles. The molecule has 0 bridgehead atoms. The number of hydrogen-bond donors (Lipinski definition) is 1. The van der Waals surface area contributed by atoms with Crippen LogP contribution in [0.15, 0.2) is 24.3 Å². The molecule has 1 heterocycles. The molecule has 0 aromatic heterocycles. The number of benzene rings is 1. The van der Waals surface area contributed by atoms with Gasteiger partial charge in [-0.25, -0.2) is 0 Å². The average molecular weight is 290 g/mol. The molecular weight excluding hydrogens is 260 g/mol. The number of likely N-dealkylation sites (tertiary alicyclic amines) is 1. The van der Waals surface area contributed by atoms with Crippen LogP contribution in [0.5, 0.6) is 5.75 Å². The molecule has 0 saturated carbocycles. The van der Waals surface area contributed by atoms with Gasteiger partial charge in [-0.05, 0) is 55.8 Å². The first-order valence-electron chi connectivity index (χ1n) is 8.33. The minimum atomic E-state index is 0.0881. The van der Waals surface area contributed by atoms with Crippen LogP contribution in [-0.2, 0) is 0 Å². The lowest BCUT2D eigenvalue weighted by Gasteiger charge is -2.27. The van der Waals surface area contributed by atoms with E-state index >= 15 is 0 Å². The molecule has 0 aliphatic carbocycles. The molecule has 118 valence electrons. The van der Waals surface area contributed by atoms with E-state index < -0.39 is 0 Å². The Labute approximate surface area is 129 Å². The van der Waals surface area contributed by atoms with Crippen LogP contribution in [0.4, 0.5) is 0 Å². The van der Waals surface area contributed by atoms with Crippen LogP contribution in [0.1, 0.15) is 51.6 Å². The van der Waals surface area contributed by atoms with Crippen molar-refractivity contribution in [3.63, 3.8) is 0 Å².